The van der Waals surface area contributed by atoms with Crippen LogP contribution in [-0.4, -0.2) is 18.9 Å². The SMILES string of the molecule is Cl.O=C(CCC1CCNCC1)c1ccc2ccccc2c1. The molecule has 0 atom stereocenters. The van der Waals surface area contributed by atoms with Crippen molar-refractivity contribution < 1.29 is 4.79 Å². The number of benzene rings is 2. The molecular weight excluding hydrogens is 282 g/mol. The molecule has 2 nitrogen and oxygen atoms in total. The number of halogens is 1. The molecule has 0 spiro atoms. The molecule has 0 saturated carbocycles. The topological polar surface area (TPSA) is 29.1 Å². The summed E-state index contributed by atoms with van der Waals surface area (Å²) >= 11 is 0. The van der Waals surface area contributed by atoms with E-state index in [0.717, 1.165) is 36.4 Å². The van der Waals surface area contributed by atoms with Gasteiger partial charge in [0, 0.05) is 12.0 Å². The Hall–Kier alpha value is -1.38. The first-order chi connectivity index (χ1) is 9.83. The van der Waals surface area contributed by atoms with Crippen molar-refractivity contribution in [2.24, 2.45) is 5.92 Å². The fourth-order valence-electron chi connectivity index (χ4n) is 3.01. The highest BCUT2D eigenvalue weighted by Crippen LogP contribution is 2.21. The highest BCUT2D eigenvalue weighted by atomic mass is 35.5. The van der Waals surface area contributed by atoms with E-state index < -0.39 is 0 Å². The van der Waals surface area contributed by atoms with Crippen molar-refractivity contribution in [3.05, 3.63) is 48.0 Å². The predicted octanol–water partition coefficient (Wildman–Crippen LogP) is 4.22. The van der Waals surface area contributed by atoms with Crippen LogP contribution in [-0.2, 0) is 0 Å². The summed E-state index contributed by atoms with van der Waals surface area (Å²) in [6.07, 6.45) is 4.15. The Morgan fingerprint density at radius 3 is 2.52 bits per heavy atom. The van der Waals surface area contributed by atoms with Crippen LogP contribution in [0.5, 0.6) is 0 Å². The molecule has 0 aromatic heterocycles. The Labute approximate surface area is 132 Å². The summed E-state index contributed by atoms with van der Waals surface area (Å²) in [5.41, 5.74) is 0.859. The smallest absolute Gasteiger partial charge is 0.162 e. The van der Waals surface area contributed by atoms with Crippen LogP contribution < -0.4 is 5.32 Å². The minimum Gasteiger partial charge on any atom is -0.317 e. The maximum atomic E-state index is 12.3. The quantitative estimate of drug-likeness (QED) is 0.857. The molecule has 21 heavy (non-hydrogen) atoms. The standard InChI is InChI=1S/C18H21NO.ClH/c20-18(8-5-14-9-11-19-12-10-14)17-7-6-15-3-1-2-4-16(15)13-17;/h1-4,6-7,13-14,19H,5,8-12H2;1H. The molecule has 1 N–H and O–H groups in total. The van der Waals surface area contributed by atoms with Crippen molar-refractivity contribution in [3.8, 4) is 0 Å². The van der Waals surface area contributed by atoms with E-state index in [-0.39, 0.29) is 18.2 Å². The number of carbonyl (C=O) groups excluding carboxylic acids is 1. The van der Waals surface area contributed by atoms with Crippen LogP contribution in [0.1, 0.15) is 36.0 Å². The van der Waals surface area contributed by atoms with Crippen molar-refractivity contribution in [2.45, 2.75) is 25.7 Å². The van der Waals surface area contributed by atoms with Crippen molar-refractivity contribution in [1.82, 2.24) is 5.32 Å². The minimum atomic E-state index is 0. The van der Waals surface area contributed by atoms with Gasteiger partial charge in [0.15, 0.2) is 5.78 Å². The molecule has 0 radical (unpaired) electrons. The van der Waals surface area contributed by atoms with Crippen molar-refractivity contribution in [3.63, 3.8) is 0 Å². The third kappa shape index (κ3) is 4.05. The van der Waals surface area contributed by atoms with E-state index >= 15 is 0 Å². The molecule has 0 bridgehead atoms. The van der Waals surface area contributed by atoms with Gasteiger partial charge in [0.1, 0.15) is 0 Å². The summed E-state index contributed by atoms with van der Waals surface area (Å²) in [6.45, 7) is 2.21. The van der Waals surface area contributed by atoms with Gasteiger partial charge >= 0.3 is 0 Å². The molecular formula is C18H22ClNO. The van der Waals surface area contributed by atoms with E-state index in [4.69, 9.17) is 0 Å². The van der Waals surface area contributed by atoms with Gasteiger partial charge in [0.25, 0.3) is 0 Å². The summed E-state index contributed by atoms with van der Waals surface area (Å²) < 4.78 is 0. The molecule has 3 heteroatoms. The first kappa shape index (κ1) is 16.0. The summed E-state index contributed by atoms with van der Waals surface area (Å²) in [6, 6.07) is 14.2. The molecule has 0 unspecified atom stereocenters. The van der Waals surface area contributed by atoms with Gasteiger partial charge in [-0.1, -0.05) is 36.4 Å². The number of ketones is 1. The van der Waals surface area contributed by atoms with Crippen LogP contribution in [0.3, 0.4) is 0 Å². The minimum absolute atomic E-state index is 0. The maximum Gasteiger partial charge on any atom is 0.162 e. The fraction of sp³-hybridized carbons (Fsp3) is 0.389. The van der Waals surface area contributed by atoms with Crippen LogP contribution in [0.4, 0.5) is 0 Å². The monoisotopic (exact) mass is 303 g/mol. The van der Waals surface area contributed by atoms with Gasteiger partial charge in [0.05, 0.1) is 0 Å². The molecule has 2 aromatic rings. The molecule has 0 amide bonds. The lowest BCUT2D eigenvalue weighted by Gasteiger charge is -2.22. The number of hydrogen-bond donors (Lipinski definition) is 1. The van der Waals surface area contributed by atoms with Gasteiger partial charge < -0.3 is 5.32 Å². The summed E-state index contributed by atoms with van der Waals surface area (Å²) in [4.78, 5) is 12.3. The third-order valence-corrected chi connectivity index (χ3v) is 4.31. The molecule has 1 fully saturated rings. The number of fused-ring (bicyclic) bond motifs is 1. The van der Waals surface area contributed by atoms with E-state index in [0.29, 0.717) is 6.42 Å². The molecule has 3 rings (SSSR count). The Kier molecular flexibility index (Phi) is 5.77. The molecule has 112 valence electrons. The van der Waals surface area contributed by atoms with Crippen LogP contribution in [0.2, 0.25) is 0 Å². The maximum absolute atomic E-state index is 12.3. The Bertz CT molecular complexity index is 605. The lowest BCUT2D eigenvalue weighted by atomic mass is 9.91. The highest BCUT2D eigenvalue weighted by molar-refractivity contribution is 5.99. The first-order valence-corrected chi connectivity index (χ1v) is 7.55. The van der Waals surface area contributed by atoms with Gasteiger partial charge in [0.2, 0.25) is 0 Å². The van der Waals surface area contributed by atoms with Crippen LogP contribution in [0, 0.1) is 5.92 Å². The van der Waals surface area contributed by atoms with Crippen LogP contribution in [0.15, 0.2) is 42.5 Å². The number of rotatable bonds is 4. The summed E-state index contributed by atoms with van der Waals surface area (Å²) in [7, 11) is 0. The summed E-state index contributed by atoms with van der Waals surface area (Å²) in [5, 5.41) is 5.72. The zero-order valence-electron chi connectivity index (χ0n) is 12.2. The molecule has 1 aliphatic heterocycles. The van der Waals surface area contributed by atoms with Gasteiger partial charge in [-0.2, -0.15) is 0 Å². The van der Waals surface area contributed by atoms with E-state index in [9.17, 15) is 4.79 Å². The van der Waals surface area contributed by atoms with Gasteiger partial charge in [-0.3, -0.25) is 4.79 Å². The van der Waals surface area contributed by atoms with Crippen LogP contribution >= 0.6 is 12.4 Å². The molecule has 0 aliphatic carbocycles. The average Bonchev–Trinajstić information content (AvgIpc) is 2.53. The third-order valence-electron chi connectivity index (χ3n) is 4.31. The molecule has 1 heterocycles. The zero-order valence-corrected chi connectivity index (χ0v) is 13.0. The molecule has 1 saturated heterocycles. The van der Waals surface area contributed by atoms with Crippen molar-refractivity contribution in [2.75, 3.05) is 13.1 Å². The Morgan fingerprint density at radius 1 is 1.05 bits per heavy atom. The van der Waals surface area contributed by atoms with E-state index in [1.54, 1.807) is 0 Å². The number of Topliss-reactive ketones (excluding diaryl/α,β-unsaturated/α-hetero) is 1. The highest BCUT2D eigenvalue weighted by Gasteiger charge is 2.15. The lowest BCUT2D eigenvalue weighted by Crippen LogP contribution is -2.27. The second kappa shape index (κ2) is 7.58. The first-order valence-electron chi connectivity index (χ1n) is 7.55. The fourth-order valence-corrected chi connectivity index (χ4v) is 3.01. The second-order valence-electron chi connectivity index (χ2n) is 5.72. The van der Waals surface area contributed by atoms with E-state index in [2.05, 4.69) is 17.4 Å². The number of nitrogens with one attached hydrogen (secondary N) is 1. The van der Waals surface area contributed by atoms with Gasteiger partial charge in [-0.05, 0) is 55.1 Å². The normalized spacial score (nSPS) is 15.6. The van der Waals surface area contributed by atoms with E-state index in [1.807, 2.05) is 30.3 Å². The second-order valence-corrected chi connectivity index (χ2v) is 5.72. The molecule has 1 aliphatic rings. The van der Waals surface area contributed by atoms with E-state index in [1.165, 1.54) is 18.2 Å². The number of hydrogen-bond acceptors (Lipinski definition) is 2. The van der Waals surface area contributed by atoms with Crippen molar-refractivity contribution >= 4 is 29.0 Å². The summed E-state index contributed by atoms with van der Waals surface area (Å²) in [5.74, 6) is 1.01. The Morgan fingerprint density at radius 2 is 1.76 bits per heavy atom. The average molecular weight is 304 g/mol. The Balaban J connectivity index is 0.00000161. The zero-order chi connectivity index (χ0) is 13.8. The largest absolute Gasteiger partial charge is 0.317 e. The molecule has 2 aromatic carbocycles. The van der Waals surface area contributed by atoms with Crippen molar-refractivity contribution in [1.29, 1.82) is 0 Å². The predicted molar refractivity (Wildman–Crippen MR) is 90.4 cm³/mol. The van der Waals surface area contributed by atoms with Gasteiger partial charge in [-0.15, -0.1) is 12.4 Å². The lowest BCUT2D eigenvalue weighted by molar-refractivity contribution is 0.0971. The number of carbonyl (C=O) groups is 1. The van der Waals surface area contributed by atoms with Crippen LogP contribution in [0.25, 0.3) is 10.8 Å². The van der Waals surface area contributed by atoms with Gasteiger partial charge in [-0.25, -0.2) is 0 Å². The number of piperidine rings is 1.